The minimum Gasteiger partial charge on any atom is -0.481 e. The van der Waals surface area contributed by atoms with Crippen LogP contribution in [-0.4, -0.2) is 29.1 Å². The standard InChI is InChI=1S/C17H25NO2/c1-12(2)14-6-8-15(9-7-14)13(3)18-10-4-5-16(11-18)17(19)20/h6-9,12-13,16H,4-5,10-11H2,1-3H3,(H,19,20). The molecule has 0 amide bonds. The molecule has 1 aromatic carbocycles. The number of piperidine rings is 1. The van der Waals surface area contributed by atoms with Crippen LogP contribution in [0.4, 0.5) is 0 Å². The molecule has 0 aromatic heterocycles. The van der Waals surface area contributed by atoms with Gasteiger partial charge in [-0.3, -0.25) is 9.69 Å². The van der Waals surface area contributed by atoms with E-state index in [1.54, 1.807) is 0 Å². The van der Waals surface area contributed by atoms with E-state index in [2.05, 4.69) is 49.9 Å². The molecule has 20 heavy (non-hydrogen) atoms. The van der Waals surface area contributed by atoms with E-state index in [1.165, 1.54) is 11.1 Å². The van der Waals surface area contributed by atoms with Crippen LogP contribution in [0.1, 0.15) is 56.7 Å². The first kappa shape index (κ1) is 15.0. The zero-order valence-corrected chi connectivity index (χ0v) is 12.7. The molecule has 0 aliphatic carbocycles. The van der Waals surface area contributed by atoms with E-state index in [-0.39, 0.29) is 5.92 Å². The van der Waals surface area contributed by atoms with Gasteiger partial charge in [-0.25, -0.2) is 0 Å². The Kier molecular flexibility index (Phi) is 4.81. The molecule has 1 aliphatic rings. The fourth-order valence-corrected chi connectivity index (χ4v) is 2.93. The van der Waals surface area contributed by atoms with E-state index in [0.29, 0.717) is 18.5 Å². The Bertz CT molecular complexity index is 453. The Labute approximate surface area is 121 Å². The van der Waals surface area contributed by atoms with Crippen molar-refractivity contribution in [3.8, 4) is 0 Å². The maximum absolute atomic E-state index is 11.2. The number of benzene rings is 1. The van der Waals surface area contributed by atoms with Gasteiger partial charge in [0.05, 0.1) is 5.92 Å². The third-order valence-corrected chi connectivity index (χ3v) is 4.44. The van der Waals surface area contributed by atoms with E-state index in [0.717, 1.165) is 19.4 Å². The van der Waals surface area contributed by atoms with Crippen molar-refractivity contribution in [3.05, 3.63) is 35.4 Å². The third kappa shape index (κ3) is 3.40. The van der Waals surface area contributed by atoms with E-state index in [9.17, 15) is 9.90 Å². The predicted molar refractivity (Wildman–Crippen MR) is 80.9 cm³/mol. The Hall–Kier alpha value is -1.35. The van der Waals surface area contributed by atoms with Gasteiger partial charge in [-0.2, -0.15) is 0 Å². The van der Waals surface area contributed by atoms with Crippen molar-refractivity contribution in [2.24, 2.45) is 5.92 Å². The van der Waals surface area contributed by atoms with Crippen LogP contribution in [0.15, 0.2) is 24.3 Å². The number of carbonyl (C=O) groups is 1. The summed E-state index contributed by atoms with van der Waals surface area (Å²) in [5.74, 6) is -0.316. The van der Waals surface area contributed by atoms with Crippen LogP contribution >= 0.6 is 0 Å². The highest BCUT2D eigenvalue weighted by molar-refractivity contribution is 5.70. The largest absolute Gasteiger partial charge is 0.481 e. The second kappa shape index (κ2) is 6.40. The molecule has 1 aliphatic heterocycles. The maximum atomic E-state index is 11.2. The van der Waals surface area contributed by atoms with Crippen LogP contribution < -0.4 is 0 Å². The van der Waals surface area contributed by atoms with Crippen LogP contribution in [0.5, 0.6) is 0 Å². The number of likely N-dealkylation sites (tertiary alicyclic amines) is 1. The molecule has 1 heterocycles. The third-order valence-electron chi connectivity index (χ3n) is 4.44. The SMILES string of the molecule is CC(C)c1ccc(C(C)N2CCCC(C(=O)O)C2)cc1. The van der Waals surface area contributed by atoms with Crippen molar-refractivity contribution in [2.45, 2.75) is 45.6 Å². The van der Waals surface area contributed by atoms with Crippen LogP contribution in [0.2, 0.25) is 0 Å². The molecule has 1 aromatic rings. The van der Waals surface area contributed by atoms with Gasteiger partial charge in [0.2, 0.25) is 0 Å². The zero-order valence-electron chi connectivity index (χ0n) is 12.7. The summed E-state index contributed by atoms with van der Waals surface area (Å²) in [6, 6.07) is 9.04. The zero-order chi connectivity index (χ0) is 14.7. The average Bonchev–Trinajstić information content (AvgIpc) is 2.46. The summed E-state index contributed by atoms with van der Waals surface area (Å²) in [5.41, 5.74) is 2.63. The van der Waals surface area contributed by atoms with Gasteiger partial charge in [0.25, 0.3) is 0 Å². The van der Waals surface area contributed by atoms with Crippen LogP contribution in [0.3, 0.4) is 0 Å². The van der Waals surface area contributed by atoms with Gasteiger partial charge in [-0.05, 0) is 43.4 Å². The van der Waals surface area contributed by atoms with Gasteiger partial charge in [-0.1, -0.05) is 38.1 Å². The molecule has 3 heteroatoms. The predicted octanol–water partition coefficient (Wildman–Crippen LogP) is 3.67. The Morgan fingerprint density at radius 3 is 2.35 bits per heavy atom. The van der Waals surface area contributed by atoms with Gasteiger partial charge in [0.15, 0.2) is 0 Å². The molecule has 0 spiro atoms. The van der Waals surface area contributed by atoms with Crippen LogP contribution in [0, 0.1) is 5.92 Å². The van der Waals surface area contributed by atoms with Crippen molar-refractivity contribution in [2.75, 3.05) is 13.1 Å². The number of hydrogen-bond acceptors (Lipinski definition) is 2. The quantitative estimate of drug-likeness (QED) is 0.911. The van der Waals surface area contributed by atoms with Gasteiger partial charge >= 0.3 is 5.97 Å². The smallest absolute Gasteiger partial charge is 0.307 e. The average molecular weight is 275 g/mol. The number of hydrogen-bond donors (Lipinski definition) is 1. The number of aliphatic carboxylic acids is 1. The topological polar surface area (TPSA) is 40.5 Å². The van der Waals surface area contributed by atoms with Crippen molar-refractivity contribution < 1.29 is 9.90 Å². The van der Waals surface area contributed by atoms with Crippen molar-refractivity contribution in [3.63, 3.8) is 0 Å². The van der Waals surface area contributed by atoms with Crippen LogP contribution in [-0.2, 0) is 4.79 Å². The van der Waals surface area contributed by atoms with E-state index in [4.69, 9.17) is 0 Å². The van der Waals surface area contributed by atoms with Gasteiger partial charge in [-0.15, -0.1) is 0 Å². The van der Waals surface area contributed by atoms with E-state index >= 15 is 0 Å². The van der Waals surface area contributed by atoms with Crippen molar-refractivity contribution >= 4 is 5.97 Å². The molecule has 2 rings (SSSR count). The molecule has 110 valence electrons. The lowest BCUT2D eigenvalue weighted by molar-refractivity contribution is -0.143. The van der Waals surface area contributed by atoms with Crippen molar-refractivity contribution in [1.82, 2.24) is 4.90 Å². The highest BCUT2D eigenvalue weighted by atomic mass is 16.4. The molecule has 3 nitrogen and oxygen atoms in total. The van der Waals surface area contributed by atoms with Gasteiger partial charge < -0.3 is 5.11 Å². The Morgan fingerprint density at radius 2 is 1.80 bits per heavy atom. The highest BCUT2D eigenvalue weighted by Gasteiger charge is 2.28. The molecule has 0 saturated carbocycles. The maximum Gasteiger partial charge on any atom is 0.307 e. The molecule has 0 bridgehead atoms. The normalized spacial score (nSPS) is 21.9. The summed E-state index contributed by atoms with van der Waals surface area (Å²) in [6.45, 7) is 8.23. The fraction of sp³-hybridized carbons (Fsp3) is 0.588. The number of carboxylic acid groups (broad SMARTS) is 1. The number of rotatable bonds is 4. The Balaban J connectivity index is 2.06. The lowest BCUT2D eigenvalue weighted by Gasteiger charge is -2.35. The van der Waals surface area contributed by atoms with Crippen LogP contribution in [0.25, 0.3) is 0 Å². The minimum absolute atomic E-state index is 0.207. The molecular formula is C17H25NO2. The lowest BCUT2D eigenvalue weighted by Crippen LogP contribution is -2.40. The number of carboxylic acids is 1. The summed E-state index contributed by atoms with van der Waals surface area (Å²) in [5, 5.41) is 9.18. The second-order valence-electron chi connectivity index (χ2n) is 6.17. The van der Waals surface area contributed by atoms with E-state index in [1.807, 2.05) is 0 Å². The molecule has 2 unspecified atom stereocenters. The number of nitrogens with zero attached hydrogens (tertiary/aromatic N) is 1. The molecule has 1 N–H and O–H groups in total. The Morgan fingerprint density at radius 1 is 1.20 bits per heavy atom. The fourth-order valence-electron chi connectivity index (χ4n) is 2.93. The lowest BCUT2D eigenvalue weighted by atomic mass is 9.94. The molecule has 1 fully saturated rings. The summed E-state index contributed by atoms with van der Waals surface area (Å²) in [4.78, 5) is 13.5. The molecule has 0 radical (unpaired) electrons. The minimum atomic E-state index is -0.656. The first-order chi connectivity index (χ1) is 9.49. The van der Waals surface area contributed by atoms with Gasteiger partial charge in [0, 0.05) is 12.6 Å². The monoisotopic (exact) mass is 275 g/mol. The summed E-state index contributed by atoms with van der Waals surface area (Å²) in [7, 11) is 0. The molecular weight excluding hydrogens is 250 g/mol. The van der Waals surface area contributed by atoms with Crippen molar-refractivity contribution in [1.29, 1.82) is 0 Å². The highest BCUT2D eigenvalue weighted by Crippen LogP contribution is 2.27. The summed E-state index contributed by atoms with van der Waals surface area (Å²) < 4.78 is 0. The summed E-state index contributed by atoms with van der Waals surface area (Å²) in [6.07, 6.45) is 1.79. The van der Waals surface area contributed by atoms with E-state index < -0.39 is 5.97 Å². The first-order valence-corrected chi connectivity index (χ1v) is 7.55. The summed E-state index contributed by atoms with van der Waals surface area (Å²) >= 11 is 0. The van der Waals surface area contributed by atoms with Gasteiger partial charge in [0.1, 0.15) is 0 Å². The first-order valence-electron chi connectivity index (χ1n) is 7.55. The molecule has 1 saturated heterocycles. The second-order valence-corrected chi connectivity index (χ2v) is 6.17. The molecule has 2 atom stereocenters.